The fourth-order valence-corrected chi connectivity index (χ4v) is 3.32. The smallest absolute Gasteiger partial charge is 0.344 e. The van der Waals surface area contributed by atoms with E-state index >= 15 is 0 Å². The lowest BCUT2D eigenvalue weighted by molar-refractivity contribution is -0.144. The summed E-state index contributed by atoms with van der Waals surface area (Å²) in [7, 11) is 1.41. The van der Waals surface area contributed by atoms with Crippen molar-refractivity contribution in [2.45, 2.75) is 13.0 Å². The number of rotatable bonds is 7. The number of benzene rings is 1. The van der Waals surface area contributed by atoms with Crippen molar-refractivity contribution in [3.8, 4) is 11.5 Å². The molecule has 0 radical (unpaired) electrons. The number of carboxylic acids is 2. The zero-order chi connectivity index (χ0) is 19.4. The predicted octanol–water partition coefficient (Wildman–Crippen LogP) is 1.83. The number of amides is 1. The van der Waals surface area contributed by atoms with Crippen molar-refractivity contribution < 1.29 is 34.1 Å². The molecular formula is C16H15NO7S2. The van der Waals surface area contributed by atoms with E-state index in [0.717, 1.165) is 16.7 Å². The van der Waals surface area contributed by atoms with Crippen molar-refractivity contribution in [1.29, 1.82) is 0 Å². The van der Waals surface area contributed by atoms with Crippen molar-refractivity contribution >= 4 is 52.2 Å². The van der Waals surface area contributed by atoms with Gasteiger partial charge >= 0.3 is 11.9 Å². The van der Waals surface area contributed by atoms with Gasteiger partial charge in [-0.2, -0.15) is 0 Å². The van der Waals surface area contributed by atoms with Gasteiger partial charge in [-0.3, -0.25) is 14.5 Å². The second-order valence-electron chi connectivity index (χ2n) is 5.14. The molecule has 2 N–H and O–H groups in total. The minimum Gasteiger partial charge on any atom is -0.493 e. The Labute approximate surface area is 158 Å². The van der Waals surface area contributed by atoms with Crippen molar-refractivity contribution in [2.75, 3.05) is 13.7 Å². The summed E-state index contributed by atoms with van der Waals surface area (Å²) in [4.78, 5) is 35.5. The molecule has 0 saturated carbocycles. The van der Waals surface area contributed by atoms with Gasteiger partial charge in [-0.15, -0.1) is 0 Å². The van der Waals surface area contributed by atoms with Crippen LogP contribution in [0.3, 0.4) is 0 Å². The normalized spacial score (nSPS) is 16.7. The average Bonchev–Trinajstić information content (AvgIpc) is 2.83. The molecule has 1 aliphatic heterocycles. The van der Waals surface area contributed by atoms with Crippen LogP contribution in [0.5, 0.6) is 11.5 Å². The van der Waals surface area contributed by atoms with Crippen LogP contribution in [-0.2, 0) is 14.4 Å². The lowest BCUT2D eigenvalue weighted by atomic mass is 10.1. The molecule has 1 saturated heterocycles. The number of thiocarbonyl (C=S) groups is 1. The van der Waals surface area contributed by atoms with E-state index in [0.29, 0.717) is 11.3 Å². The minimum atomic E-state index is -1.18. The Morgan fingerprint density at radius 3 is 2.65 bits per heavy atom. The molecule has 0 aromatic heterocycles. The van der Waals surface area contributed by atoms with E-state index in [-0.39, 0.29) is 15.0 Å². The van der Waals surface area contributed by atoms with Crippen LogP contribution < -0.4 is 9.47 Å². The van der Waals surface area contributed by atoms with E-state index in [4.69, 9.17) is 31.9 Å². The summed E-state index contributed by atoms with van der Waals surface area (Å²) in [6.45, 7) is 0.838. The Morgan fingerprint density at radius 1 is 1.38 bits per heavy atom. The largest absolute Gasteiger partial charge is 0.493 e. The second kappa shape index (κ2) is 8.19. The van der Waals surface area contributed by atoms with Gasteiger partial charge in [0.05, 0.1) is 12.0 Å². The number of carbonyl (C=O) groups excluding carboxylic acids is 1. The Morgan fingerprint density at radius 2 is 2.08 bits per heavy atom. The Kier molecular flexibility index (Phi) is 6.22. The Bertz CT molecular complexity index is 806. The highest BCUT2D eigenvalue weighted by molar-refractivity contribution is 8.26. The number of nitrogens with zero attached hydrogens (tertiary/aromatic N) is 1. The van der Waals surface area contributed by atoms with Crippen LogP contribution in [0.1, 0.15) is 12.5 Å². The van der Waals surface area contributed by atoms with Crippen molar-refractivity contribution in [3.63, 3.8) is 0 Å². The lowest BCUT2D eigenvalue weighted by Gasteiger charge is -2.16. The van der Waals surface area contributed by atoms with Crippen LogP contribution in [0.2, 0.25) is 0 Å². The van der Waals surface area contributed by atoms with Gasteiger partial charge in [0.15, 0.2) is 17.6 Å². The van der Waals surface area contributed by atoms with Crippen LogP contribution in [0, 0.1) is 0 Å². The third-order valence-electron chi connectivity index (χ3n) is 3.33. The van der Waals surface area contributed by atoms with E-state index in [1.807, 2.05) is 0 Å². The lowest BCUT2D eigenvalue weighted by Crippen LogP contribution is -2.33. The molecule has 1 aliphatic rings. The van der Waals surface area contributed by atoms with Crippen molar-refractivity contribution in [2.24, 2.45) is 0 Å². The van der Waals surface area contributed by atoms with Gasteiger partial charge in [-0.25, -0.2) is 4.79 Å². The fraction of sp³-hybridized carbons (Fsp3) is 0.250. The molecule has 138 valence electrons. The maximum absolute atomic E-state index is 12.4. The number of ether oxygens (including phenoxy) is 2. The molecule has 1 heterocycles. The SMILES string of the molecule is COc1cccc(/C=C2/SC(=S)N(CC(=O)O)C2=O)c1O[C@H](C)C(=O)O. The fourth-order valence-electron chi connectivity index (χ4n) is 2.07. The number of para-hydroxylation sites is 1. The van der Waals surface area contributed by atoms with Crippen LogP contribution in [0.15, 0.2) is 23.1 Å². The van der Waals surface area contributed by atoms with E-state index < -0.39 is 30.5 Å². The van der Waals surface area contributed by atoms with E-state index in [9.17, 15) is 14.4 Å². The molecule has 0 spiro atoms. The summed E-state index contributed by atoms with van der Waals surface area (Å²) in [5.41, 5.74) is 0.410. The van der Waals surface area contributed by atoms with Crippen molar-refractivity contribution in [3.05, 3.63) is 28.7 Å². The second-order valence-corrected chi connectivity index (χ2v) is 6.81. The number of hydrogen-bond acceptors (Lipinski definition) is 7. The molecular weight excluding hydrogens is 382 g/mol. The van der Waals surface area contributed by atoms with Crippen LogP contribution in [0.25, 0.3) is 6.08 Å². The maximum Gasteiger partial charge on any atom is 0.344 e. The number of hydrogen-bond donors (Lipinski definition) is 2. The first kappa shape index (κ1) is 19.7. The molecule has 1 fully saturated rings. The third kappa shape index (κ3) is 4.33. The summed E-state index contributed by atoms with van der Waals surface area (Å²) in [5, 5.41) is 17.9. The summed E-state index contributed by atoms with van der Waals surface area (Å²) in [6.07, 6.45) is 0.327. The number of aliphatic carboxylic acids is 2. The van der Waals surface area contributed by atoms with E-state index in [1.165, 1.54) is 20.1 Å². The monoisotopic (exact) mass is 397 g/mol. The van der Waals surface area contributed by atoms with Gasteiger partial charge in [0.2, 0.25) is 0 Å². The van der Waals surface area contributed by atoms with E-state index in [2.05, 4.69) is 0 Å². The van der Waals surface area contributed by atoms with Crippen LogP contribution in [0.4, 0.5) is 0 Å². The molecule has 2 rings (SSSR count). The molecule has 0 aliphatic carbocycles. The maximum atomic E-state index is 12.4. The molecule has 10 heteroatoms. The predicted molar refractivity (Wildman–Crippen MR) is 98.2 cm³/mol. The molecule has 1 aromatic rings. The first-order chi connectivity index (χ1) is 12.2. The van der Waals surface area contributed by atoms with Crippen molar-refractivity contribution in [1.82, 2.24) is 4.90 Å². The van der Waals surface area contributed by atoms with Gasteiger partial charge < -0.3 is 19.7 Å². The molecule has 1 atom stereocenters. The molecule has 0 bridgehead atoms. The molecule has 1 amide bonds. The number of carbonyl (C=O) groups is 3. The summed E-state index contributed by atoms with van der Waals surface area (Å²) < 4.78 is 10.8. The van der Waals surface area contributed by atoms with Gasteiger partial charge in [0, 0.05) is 5.56 Å². The molecule has 26 heavy (non-hydrogen) atoms. The number of methoxy groups -OCH3 is 1. The highest BCUT2D eigenvalue weighted by Gasteiger charge is 2.33. The minimum absolute atomic E-state index is 0.132. The van der Waals surface area contributed by atoms with Crippen LogP contribution in [-0.4, -0.2) is 57.0 Å². The van der Waals surface area contributed by atoms with E-state index in [1.54, 1.807) is 18.2 Å². The first-order valence-corrected chi connectivity index (χ1v) is 8.50. The van der Waals surface area contributed by atoms with Gasteiger partial charge in [-0.05, 0) is 19.1 Å². The standard InChI is InChI=1S/C16H15NO7S2/c1-8(15(21)22)24-13-9(4-3-5-10(13)23-2)6-11-14(20)17(7-12(18)19)16(25)26-11/h3-6,8H,7H2,1-2H3,(H,18,19)(H,21,22)/b11-6+/t8-/m1/s1. The van der Waals surface area contributed by atoms with Crippen LogP contribution >= 0.6 is 24.0 Å². The summed E-state index contributed by atoms with van der Waals surface area (Å²) >= 11 is 6.00. The number of carboxylic acid groups (broad SMARTS) is 2. The zero-order valence-corrected chi connectivity index (χ0v) is 15.4. The molecule has 8 nitrogen and oxygen atoms in total. The third-order valence-corrected chi connectivity index (χ3v) is 4.70. The topological polar surface area (TPSA) is 113 Å². The quantitative estimate of drug-likeness (QED) is 0.525. The first-order valence-electron chi connectivity index (χ1n) is 7.28. The Balaban J connectivity index is 2.41. The molecule has 0 unspecified atom stereocenters. The number of thioether (sulfide) groups is 1. The summed E-state index contributed by atoms with van der Waals surface area (Å²) in [6, 6.07) is 4.87. The Hall–Kier alpha value is -2.59. The van der Waals surface area contributed by atoms with Gasteiger partial charge in [-0.1, -0.05) is 36.1 Å². The van der Waals surface area contributed by atoms with Gasteiger partial charge in [0.25, 0.3) is 5.91 Å². The molecule has 1 aromatic carbocycles. The average molecular weight is 397 g/mol. The van der Waals surface area contributed by atoms with Gasteiger partial charge in [0.1, 0.15) is 10.9 Å². The zero-order valence-electron chi connectivity index (χ0n) is 13.8. The summed E-state index contributed by atoms with van der Waals surface area (Å²) in [5.74, 6) is -2.42. The highest BCUT2D eigenvalue weighted by Crippen LogP contribution is 2.37. The highest BCUT2D eigenvalue weighted by atomic mass is 32.2.